The third-order valence-electron chi connectivity index (χ3n) is 1.28. The van der Waals surface area contributed by atoms with Gasteiger partial charge in [-0.3, -0.25) is 0 Å². The third-order valence-corrected chi connectivity index (χ3v) is 2.12. The fraction of sp³-hybridized carbons (Fsp3) is 0.286. The molecule has 0 saturated heterocycles. The lowest BCUT2D eigenvalue weighted by Gasteiger charge is -2.01. The van der Waals surface area contributed by atoms with Gasteiger partial charge in [0.15, 0.2) is 10.9 Å². The first-order valence-electron chi connectivity index (χ1n) is 3.34. The van der Waals surface area contributed by atoms with E-state index in [1.54, 1.807) is 0 Å². The van der Waals surface area contributed by atoms with Crippen molar-refractivity contribution in [3.63, 3.8) is 0 Å². The Morgan fingerprint density at radius 2 is 2.38 bits per heavy atom. The number of rotatable bonds is 2. The maximum absolute atomic E-state index is 11.1. The van der Waals surface area contributed by atoms with E-state index in [-0.39, 0.29) is 10.7 Å². The van der Waals surface area contributed by atoms with Crippen LogP contribution in [0.15, 0.2) is 11.4 Å². The standard InChI is InChI=1S/C7H7ClN2O2S/c1-12-6(11)5-4(8)3-9-7(10-5)13-2/h3H,1-2H3. The smallest absolute Gasteiger partial charge is 0.358 e. The van der Waals surface area contributed by atoms with E-state index in [0.717, 1.165) is 0 Å². The van der Waals surface area contributed by atoms with Crippen LogP contribution in [-0.2, 0) is 4.74 Å². The Morgan fingerprint density at radius 1 is 1.69 bits per heavy atom. The summed E-state index contributed by atoms with van der Waals surface area (Å²) in [6, 6.07) is 0. The molecule has 13 heavy (non-hydrogen) atoms. The van der Waals surface area contributed by atoms with Gasteiger partial charge in [0.1, 0.15) is 0 Å². The fourth-order valence-corrected chi connectivity index (χ4v) is 1.20. The Kier molecular flexibility index (Phi) is 3.50. The lowest BCUT2D eigenvalue weighted by Crippen LogP contribution is -2.06. The van der Waals surface area contributed by atoms with Crippen molar-refractivity contribution < 1.29 is 9.53 Å². The SMILES string of the molecule is COC(=O)c1nc(SC)ncc1Cl. The number of nitrogens with zero attached hydrogens (tertiary/aromatic N) is 2. The van der Waals surface area contributed by atoms with Crippen LogP contribution in [0.25, 0.3) is 0 Å². The molecule has 0 amide bonds. The fourth-order valence-electron chi connectivity index (χ4n) is 0.689. The molecule has 0 aliphatic rings. The van der Waals surface area contributed by atoms with Crippen molar-refractivity contribution in [3.8, 4) is 0 Å². The van der Waals surface area contributed by atoms with Gasteiger partial charge in [0, 0.05) is 0 Å². The van der Waals surface area contributed by atoms with Crippen molar-refractivity contribution in [2.45, 2.75) is 5.16 Å². The van der Waals surface area contributed by atoms with E-state index in [9.17, 15) is 4.79 Å². The molecule has 0 spiro atoms. The highest BCUT2D eigenvalue weighted by Gasteiger charge is 2.13. The van der Waals surface area contributed by atoms with Gasteiger partial charge < -0.3 is 4.74 Å². The monoisotopic (exact) mass is 218 g/mol. The van der Waals surface area contributed by atoms with Crippen molar-refractivity contribution in [2.75, 3.05) is 13.4 Å². The minimum absolute atomic E-state index is 0.100. The zero-order chi connectivity index (χ0) is 9.84. The zero-order valence-electron chi connectivity index (χ0n) is 7.07. The molecule has 6 heteroatoms. The summed E-state index contributed by atoms with van der Waals surface area (Å²) in [4.78, 5) is 18.9. The Balaban J connectivity index is 3.11. The molecule has 0 atom stereocenters. The van der Waals surface area contributed by atoms with Crippen LogP contribution in [0.4, 0.5) is 0 Å². The zero-order valence-corrected chi connectivity index (χ0v) is 8.65. The van der Waals surface area contributed by atoms with Gasteiger partial charge in [-0.2, -0.15) is 0 Å². The number of carbonyl (C=O) groups excluding carboxylic acids is 1. The first-order valence-corrected chi connectivity index (χ1v) is 4.94. The molecule has 0 bridgehead atoms. The van der Waals surface area contributed by atoms with E-state index < -0.39 is 5.97 Å². The summed E-state index contributed by atoms with van der Waals surface area (Å²) >= 11 is 7.02. The van der Waals surface area contributed by atoms with Crippen molar-refractivity contribution in [2.24, 2.45) is 0 Å². The second kappa shape index (κ2) is 4.43. The van der Waals surface area contributed by atoms with Crippen molar-refractivity contribution >= 4 is 29.3 Å². The maximum atomic E-state index is 11.1. The van der Waals surface area contributed by atoms with Gasteiger partial charge in [0.05, 0.1) is 18.3 Å². The Morgan fingerprint density at radius 3 is 2.92 bits per heavy atom. The lowest BCUT2D eigenvalue weighted by atomic mass is 10.4. The number of halogens is 1. The summed E-state index contributed by atoms with van der Waals surface area (Å²) in [7, 11) is 1.28. The number of esters is 1. The number of aromatic nitrogens is 2. The van der Waals surface area contributed by atoms with E-state index in [0.29, 0.717) is 5.16 Å². The normalized spacial score (nSPS) is 9.77. The molecule has 0 radical (unpaired) electrons. The molecule has 0 aliphatic heterocycles. The molecule has 0 aromatic carbocycles. The topological polar surface area (TPSA) is 52.1 Å². The van der Waals surface area contributed by atoms with Gasteiger partial charge in [-0.1, -0.05) is 23.4 Å². The molecular weight excluding hydrogens is 212 g/mol. The summed E-state index contributed by atoms with van der Waals surface area (Å²) in [6.07, 6.45) is 3.19. The molecule has 4 nitrogen and oxygen atoms in total. The van der Waals surface area contributed by atoms with Crippen LogP contribution in [0.1, 0.15) is 10.5 Å². The van der Waals surface area contributed by atoms with Gasteiger partial charge in [-0.25, -0.2) is 14.8 Å². The number of ether oxygens (including phenoxy) is 1. The highest BCUT2D eigenvalue weighted by molar-refractivity contribution is 7.98. The Labute approximate surface area is 84.7 Å². The van der Waals surface area contributed by atoms with Gasteiger partial charge in [-0.05, 0) is 6.26 Å². The first-order chi connectivity index (χ1) is 6.19. The maximum Gasteiger partial charge on any atom is 0.358 e. The number of methoxy groups -OCH3 is 1. The molecule has 1 rings (SSSR count). The predicted octanol–water partition coefficient (Wildman–Crippen LogP) is 1.64. The van der Waals surface area contributed by atoms with Crippen molar-refractivity contribution in [3.05, 3.63) is 16.9 Å². The van der Waals surface area contributed by atoms with E-state index in [1.807, 2.05) is 6.26 Å². The summed E-state index contributed by atoms with van der Waals surface area (Å²) in [6.45, 7) is 0. The summed E-state index contributed by atoms with van der Waals surface area (Å²) in [5.74, 6) is -0.553. The number of hydrogen-bond donors (Lipinski definition) is 0. The molecule has 0 unspecified atom stereocenters. The minimum atomic E-state index is -0.553. The van der Waals surface area contributed by atoms with E-state index in [4.69, 9.17) is 11.6 Å². The quantitative estimate of drug-likeness (QED) is 0.429. The lowest BCUT2D eigenvalue weighted by molar-refractivity contribution is 0.0593. The second-order valence-corrected chi connectivity index (χ2v) is 3.23. The molecule has 0 N–H and O–H groups in total. The molecular formula is C7H7ClN2O2S. The molecule has 1 aromatic heterocycles. The van der Waals surface area contributed by atoms with E-state index in [1.165, 1.54) is 25.1 Å². The van der Waals surface area contributed by atoms with Crippen LogP contribution in [0.5, 0.6) is 0 Å². The highest BCUT2D eigenvalue weighted by atomic mass is 35.5. The molecule has 70 valence electrons. The summed E-state index contributed by atoms with van der Waals surface area (Å²) < 4.78 is 4.49. The van der Waals surface area contributed by atoms with Gasteiger partial charge in [0.25, 0.3) is 0 Å². The number of thioether (sulfide) groups is 1. The van der Waals surface area contributed by atoms with E-state index >= 15 is 0 Å². The molecule has 0 saturated carbocycles. The first kappa shape index (κ1) is 10.3. The minimum Gasteiger partial charge on any atom is -0.464 e. The van der Waals surface area contributed by atoms with Gasteiger partial charge in [-0.15, -0.1) is 0 Å². The largest absolute Gasteiger partial charge is 0.464 e. The van der Waals surface area contributed by atoms with Crippen LogP contribution in [0.2, 0.25) is 5.02 Å². The van der Waals surface area contributed by atoms with Crippen LogP contribution in [-0.4, -0.2) is 29.3 Å². The van der Waals surface area contributed by atoms with Crippen LogP contribution in [0.3, 0.4) is 0 Å². The average molecular weight is 219 g/mol. The van der Waals surface area contributed by atoms with Gasteiger partial charge >= 0.3 is 5.97 Å². The summed E-state index contributed by atoms with van der Waals surface area (Å²) in [5, 5.41) is 0.689. The summed E-state index contributed by atoms with van der Waals surface area (Å²) in [5.41, 5.74) is 0.100. The predicted molar refractivity (Wildman–Crippen MR) is 50.2 cm³/mol. The van der Waals surface area contributed by atoms with Crippen LogP contribution in [0, 0.1) is 0 Å². The van der Waals surface area contributed by atoms with Crippen LogP contribution >= 0.6 is 23.4 Å². The Hall–Kier alpha value is -0.810. The van der Waals surface area contributed by atoms with Gasteiger partial charge in [0.2, 0.25) is 0 Å². The molecule has 0 aliphatic carbocycles. The van der Waals surface area contributed by atoms with Crippen molar-refractivity contribution in [1.29, 1.82) is 0 Å². The van der Waals surface area contributed by atoms with Crippen molar-refractivity contribution in [1.82, 2.24) is 9.97 Å². The number of carbonyl (C=O) groups is 1. The molecule has 1 aromatic rings. The third kappa shape index (κ3) is 2.32. The van der Waals surface area contributed by atoms with E-state index in [2.05, 4.69) is 14.7 Å². The molecule has 1 heterocycles. The van der Waals surface area contributed by atoms with Crippen LogP contribution < -0.4 is 0 Å². The molecule has 0 fully saturated rings. The second-order valence-electron chi connectivity index (χ2n) is 2.04. The highest BCUT2D eigenvalue weighted by Crippen LogP contribution is 2.16. The Bertz CT molecular complexity index is 332. The average Bonchev–Trinajstić information content (AvgIpc) is 2.17. The number of hydrogen-bond acceptors (Lipinski definition) is 5.